The number of hydrogen-bond donors (Lipinski definition) is 1. The van der Waals surface area contributed by atoms with Crippen LogP contribution in [0.15, 0.2) is 76.9 Å². The highest BCUT2D eigenvalue weighted by atomic mass is 19.1. The Hall–Kier alpha value is -4.13. The molecule has 1 aliphatic rings. The van der Waals surface area contributed by atoms with Gasteiger partial charge >= 0.3 is 0 Å². The van der Waals surface area contributed by atoms with E-state index < -0.39 is 11.4 Å². The number of rotatable bonds is 4. The van der Waals surface area contributed by atoms with Crippen molar-refractivity contribution >= 4 is 5.84 Å². The lowest BCUT2D eigenvalue weighted by Gasteiger charge is -2.30. The summed E-state index contributed by atoms with van der Waals surface area (Å²) in [5.41, 5.74) is 9.03. The third kappa shape index (κ3) is 3.38. The first-order chi connectivity index (χ1) is 16.8. The van der Waals surface area contributed by atoms with Gasteiger partial charge in [0.1, 0.15) is 23.0 Å². The van der Waals surface area contributed by atoms with Crippen molar-refractivity contribution in [3.63, 3.8) is 0 Å². The van der Waals surface area contributed by atoms with E-state index in [0.29, 0.717) is 45.5 Å². The highest BCUT2D eigenvalue weighted by Crippen LogP contribution is 2.47. The zero-order valence-corrected chi connectivity index (χ0v) is 19.6. The van der Waals surface area contributed by atoms with Gasteiger partial charge in [-0.2, -0.15) is 0 Å². The number of hydrogen-bond acceptors (Lipinski definition) is 4. The molecule has 1 aliphatic heterocycles. The van der Waals surface area contributed by atoms with Crippen molar-refractivity contribution in [2.75, 3.05) is 0 Å². The average Bonchev–Trinajstić information content (AvgIpc) is 3.17. The van der Waals surface area contributed by atoms with Gasteiger partial charge in [-0.3, -0.25) is 9.78 Å². The molecule has 2 aromatic heterocycles. The van der Waals surface area contributed by atoms with Crippen LogP contribution in [0.25, 0.3) is 11.1 Å². The molecule has 0 aliphatic carbocycles. The summed E-state index contributed by atoms with van der Waals surface area (Å²) >= 11 is 0. The van der Waals surface area contributed by atoms with Gasteiger partial charge in [0, 0.05) is 53.0 Å². The standard InChI is InChI=1S/C28H24F2N4O/c1-4-34-15-20(11-16(2)27(34)35)28(22-9-6-10-23(29)24(22)26(31)33-28)19-8-5-7-18(12-19)21-14-32-13-17(3)25(21)30/h5-15H,4H2,1-3H3,(H2,31,33)/t28-/m0/s1. The minimum absolute atomic E-state index is 0.0683. The average molecular weight is 471 g/mol. The van der Waals surface area contributed by atoms with E-state index in [1.165, 1.54) is 18.5 Å². The maximum Gasteiger partial charge on any atom is 0.253 e. The molecule has 0 saturated heterocycles. The maximum absolute atomic E-state index is 15.0. The molecule has 35 heavy (non-hydrogen) atoms. The van der Waals surface area contributed by atoms with Crippen molar-refractivity contribution in [3.05, 3.63) is 122 Å². The minimum atomic E-state index is -1.22. The summed E-state index contributed by atoms with van der Waals surface area (Å²) in [6, 6.07) is 13.8. The number of halogens is 2. The monoisotopic (exact) mass is 470 g/mol. The molecule has 5 rings (SSSR count). The lowest BCUT2D eigenvalue weighted by molar-refractivity contribution is 0.610. The molecular formula is C28H24F2N4O. The zero-order valence-electron chi connectivity index (χ0n) is 19.6. The molecule has 0 amide bonds. The predicted octanol–water partition coefficient (Wildman–Crippen LogP) is 4.84. The van der Waals surface area contributed by atoms with Gasteiger partial charge in [-0.25, -0.2) is 13.8 Å². The number of fused-ring (bicyclic) bond motifs is 1. The van der Waals surface area contributed by atoms with Crippen LogP contribution in [0.5, 0.6) is 0 Å². The van der Waals surface area contributed by atoms with Crippen LogP contribution in [0.3, 0.4) is 0 Å². The fourth-order valence-electron chi connectivity index (χ4n) is 4.87. The number of amidine groups is 1. The van der Waals surface area contributed by atoms with Crippen LogP contribution in [-0.4, -0.2) is 15.4 Å². The number of aromatic nitrogens is 2. The molecule has 1 atom stereocenters. The predicted molar refractivity (Wildman–Crippen MR) is 132 cm³/mol. The highest BCUT2D eigenvalue weighted by molar-refractivity contribution is 6.03. The van der Waals surface area contributed by atoms with Gasteiger partial charge in [-0.15, -0.1) is 0 Å². The molecule has 2 N–H and O–H groups in total. The number of aryl methyl sites for hydroxylation is 3. The van der Waals surface area contributed by atoms with Crippen LogP contribution in [0.4, 0.5) is 8.78 Å². The Morgan fingerprint density at radius 3 is 2.54 bits per heavy atom. The van der Waals surface area contributed by atoms with Gasteiger partial charge in [-0.1, -0.05) is 30.3 Å². The van der Waals surface area contributed by atoms with E-state index in [-0.39, 0.29) is 22.8 Å². The fraction of sp³-hybridized carbons (Fsp3) is 0.179. The SMILES string of the molecule is CCn1cc([C@]2(c3cccc(-c4cncc(C)c4F)c3)N=C(N)c3c(F)cccc32)cc(C)c1=O. The van der Waals surface area contributed by atoms with Crippen LogP contribution in [0, 0.1) is 25.5 Å². The van der Waals surface area contributed by atoms with Crippen molar-refractivity contribution < 1.29 is 8.78 Å². The first-order valence-electron chi connectivity index (χ1n) is 11.3. The van der Waals surface area contributed by atoms with Gasteiger partial charge < -0.3 is 10.3 Å². The molecule has 0 radical (unpaired) electrons. The van der Waals surface area contributed by atoms with E-state index in [1.807, 2.05) is 19.1 Å². The van der Waals surface area contributed by atoms with Crippen molar-refractivity contribution in [2.24, 2.45) is 10.7 Å². The van der Waals surface area contributed by atoms with Crippen LogP contribution in [0.1, 0.15) is 40.3 Å². The van der Waals surface area contributed by atoms with E-state index in [4.69, 9.17) is 10.7 Å². The van der Waals surface area contributed by atoms with Crippen LogP contribution < -0.4 is 11.3 Å². The second kappa shape index (κ2) is 8.27. The summed E-state index contributed by atoms with van der Waals surface area (Å²) in [6.07, 6.45) is 4.70. The molecule has 0 saturated carbocycles. The van der Waals surface area contributed by atoms with Gasteiger partial charge in [0.2, 0.25) is 0 Å². The Bertz CT molecular complexity index is 1570. The van der Waals surface area contributed by atoms with E-state index >= 15 is 0 Å². The van der Waals surface area contributed by atoms with Crippen molar-refractivity contribution in [1.82, 2.24) is 9.55 Å². The van der Waals surface area contributed by atoms with Gasteiger partial charge in [-0.05, 0) is 50.1 Å². The number of nitrogens with zero attached hydrogens (tertiary/aromatic N) is 3. The third-order valence-corrected chi connectivity index (χ3v) is 6.62. The van der Waals surface area contributed by atoms with Crippen molar-refractivity contribution in [2.45, 2.75) is 32.9 Å². The summed E-state index contributed by atoms with van der Waals surface area (Å²) in [5, 5.41) is 0. The maximum atomic E-state index is 15.0. The number of benzene rings is 2. The number of aliphatic imine (C=N–C) groups is 1. The molecule has 0 spiro atoms. The summed E-state index contributed by atoms with van der Waals surface area (Å²) < 4.78 is 31.6. The fourth-order valence-corrected chi connectivity index (χ4v) is 4.87. The molecule has 0 bridgehead atoms. The summed E-state index contributed by atoms with van der Waals surface area (Å²) in [7, 11) is 0. The van der Waals surface area contributed by atoms with Gasteiger partial charge in [0.05, 0.1) is 5.56 Å². The second-order valence-corrected chi connectivity index (χ2v) is 8.77. The smallest absolute Gasteiger partial charge is 0.253 e. The summed E-state index contributed by atoms with van der Waals surface area (Å²) in [6.45, 7) is 5.74. The lowest BCUT2D eigenvalue weighted by Crippen LogP contribution is -2.30. The molecule has 4 aromatic rings. The van der Waals surface area contributed by atoms with Crippen LogP contribution in [-0.2, 0) is 12.1 Å². The Balaban J connectivity index is 1.86. The zero-order chi connectivity index (χ0) is 24.9. The highest BCUT2D eigenvalue weighted by Gasteiger charge is 2.44. The topological polar surface area (TPSA) is 73.3 Å². The summed E-state index contributed by atoms with van der Waals surface area (Å²) in [5.74, 6) is -0.766. The minimum Gasteiger partial charge on any atom is -0.383 e. The van der Waals surface area contributed by atoms with Crippen molar-refractivity contribution in [3.8, 4) is 11.1 Å². The van der Waals surface area contributed by atoms with Gasteiger partial charge in [0.15, 0.2) is 0 Å². The van der Waals surface area contributed by atoms with E-state index in [9.17, 15) is 13.6 Å². The van der Waals surface area contributed by atoms with Crippen LogP contribution >= 0.6 is 0 Å². The summed E-state index contributed by atoms with van der Waals surface area (Å²) in [4.78, 5) is 21.7. The molecule has 176 valence electrons. The second-order valence-electron chi connectivity index (χ2n) is 8.77. The molecule has 5 nitrogen and oxygen atoms in total. The molecule has 7 heteroatoms. The van der Waals surface area contributed by atoms with E-state index in [0.717, 1.165) is 0 Å². The van der Waals surface area contributed by atoms with Crippen LogP contribution in [0.2, 0.25) is 0 Å². The molecule has 3 heterocycles. The number of pyridine rings is 2. The Morgan fingerprint density at radius 2 is 1.77 bits per heavy atom. The lowest BCUT2D eigenvalue weighted by atomic mass is 9.77. The molecule has 0 fully saturated rings. The molecular weight excluding hydrogens is 446 g/mol. The van der Waals surface area contributed by atoms with E-state index in [2.05, 4.69) is 4.98 Å². The van der Waals surface area contributed by atoms with E-state index in [1.54, 1.807) is 54.9 Å². The molecule has 2 aromatic carbocycles. The first kappa shape index (κ1) is 22.7. The van der Waals surface area contributed by atoms with Crippen molar-refractivity contribution in [1.29, 1.82) is 0 Å². The Labute approximate surface area is 201 Å². The van der Waals surface area contributed by atoms with Gasteiger partial charge in [0.25, 0.3) is 5.56 Å². The normalized spacial score (nSPS) is 16.8. The Kier molecular flexibility index (Phi) is 5.35. The first-order valence-corrected chi connectivity index (χ1v) is 11.3. The quantitative estimate of drug-likeness (QED) is 0.464. The molecule has 0 unspecified atom stereocenters. The largest absolute Gasteiger partial charge is 0.383 e. The Morgan fingerprint density at radius 1 is 1.00 bits per heavy atom. The third-order valence-electron chi connectivity index (χ3n) is 6.62. The number of nitrogens with two attached hydrogens (primary N) is 1.